The van der Waals surface area contributed by atoms with Gasteiger partial charge in [-0.3, -0.25) is 14.5 Å². The van der Waals surface area contributed by atoms with Crippen molar-refractivity contribution in [2.45, 2.75) is 6.04 Å². The first-order valence-corrected chi connectivity index (χ1v) is 8.26. The number of rotatable bonds is 2. The molecule has 130 valence electrons. The van der Waals surface area contributed by atoms with Gasteiger partial charge in [-0.2, -0.15) is 5.21 Å². The second-order valence-electron chi connectivity index (χ2n) is 6.34. The predicted octanol–water partition coefficient (Wildman–Crippen LogP) is -0.535. The summed E-state index contributed by atoms with van der Waals surface area (Å²) in [7, 11) is 1.81. The number of H-pyrrole nitrogens is 1. The molecule has 1 atom stereocenters. The fourth-order valence-corrected chi connectivity index (χ4v) is 3.46. The summed E-state index contributed by atoms with van der Waals surface area (Å²) < 4.78 is 0. The number of hydrogen-bond acceptors (Lipinski definition) is 6. The Morgan fingerprint density at radius 1 is 1.20 bits per heavy atom. The largest absolute Gasteiger partial charge is 0.343 e. The van der Waals surface area contributed by atoms with Crippen LogP contribution in [0.4, 0.5) is 0 Å². The summed E-state index contributed by atoms with van der Waals surface area (Å²) in [6.45, 7) is 3.31. The Hall–Kier alpha value is -2.81. The molecule has 1 unspecified atom stereocenters. The Morgan fingerprint density at radius 2 is 2.00 bits per heavy atom. The first-order valence-electron chi connectivity index (χ1n) is 8.26. The zero-order chi connectivity index (χ0) is 17.4. The molecule has 2 fully saturated rings. The number of benzene rings is 1. The fraction of sp³-hybridized carbons (Fsp3) is 0.438. The average Bonchev–Trinajstić information content (AvgIpc) is 3.18. The van der Waals surface area contributed by atoms with Gasteiger partial charge < -0.3 is 9.80 Å². The lowest BCUT2D eigenvalue weighted by atomic mass is 10.0. The number of piperazine rings is 2. The first kappa shape index (κ1) is 15.7. The zero-order valence-electron chi connectivity index (χ0n) is 13.9. The third-order valence-electron chi connectivity index (χ3n) is 4.91. The molecule has 2 amide bonds. The summed E-state index contributed by atoms with van der Waals surface area (Å²) in [4.78, 5) is 31.2. The van der Waals surface area contributed by atoms with E-state index in [1.54, 1.807) is 21.9 Å². The monoisotopic (exact) mass is 341 g/mol. The minimum absolute atomic E-state index is 0.0789. The van der Waals surface area contributed by atoms with E-state index in [1.807, 2.05) is 19.2 Å². The number of carbonyl (C=O) groups is 2. The van der Waals surface area contributed by atoms with E-state index in [0.717, 1.165) is 13.1 Å². The molecule has 2 aliphatic rings. The molecule has 0 saturated carbocycles. The molecule has 4 rings (SSSR count). The third kappa shape index (κ3) is 2.76. The normalized spacial score (nSPS) is 21.3. The minimum atomic E-state index is -0.256. The van der Waals surface area contributed by atoms with Crippen LogP contribution < -0.4 is 0 Å². The van der Waals surface area contributed by atoms with Crippen molar-refractivity contribution >= 4 is 11.8 Å². The number of nitrogens with one attached hydrogen (secondary N) is 1. The van der Waals surface area contributed by atoms with Crippen LogP contribution in [0.3, 0.4) is 0 Å². The van der Waals surface area contributed by atoms with Crippen molar-refractivity contribution in [3.63, 3.8) is 0 Å². The molecule has 0 aliphatic carbocycles. The molecule has 1 aromatic carbocycles. The molecule has 9 heteroatoms. The summed E-state index contributed by atoms with van der Waals surface area (Å²) >= 11 is 0. The lowest BCUT2D eigenvalue weighted by Gasteiger charge is -2.45. The Balaban J connectivity index is 1.59. The Labute approximate surface area is 144 Å². The van der Waals surface area contributed by atoms with Crippen molar-refractivity contribution in [2.75, 3.05) is 39.8 Å². The quantitative estimate of drug-likeness (QED) is 0.788. The van der Waals surface area contributed by atoms with E-state index in [0.29, 0.717) is 36.6 Å². The van der Waals surface area contributed by atoms with Crippen LogP contribution in [-0.2, 0) is 4.79 Å². The molecule has 2 aromatic rings. The summed E-state index contributed by atoms with van der Waals surface area (Å²) in [6.07, 6.45) is 0. The number of fused-ring (bicyclic) bond motifs is 1. The summed E-state index contributed by atoms with van der Waals surface area (Å²) in [5, 5.41) is 13.9. The minimum Gasteiger partial charge on any atom is -0.343 e. The highest BCUT2D eigenvalue weighted by molar-refractivity contribution is 6.00. The maximum Gasteiger partial charge on any atom is 0.254 e. The first-order chi connectivity index (χ1) is 12.1. The number of aromatic nitrogens is 4. The van der Waals surface area contributed by atoms with Gasteiger partial charge in [0.15, 0.2) is 0 Å². The number of tetrazole rings is 1. The van der Waals surface area contributed by atoms with Gasteiger partial charge >= 0.3 is 0 Å². The number of likely N-dealkylation sites (N-methyl/N-ethyl adjacent to an activating group) is 1. The Kier molecular flexibility index (Phi) is 3.92. The molecule has 1 N–H and O–H groups in total. The van der Waals surface area contributed by atoms with Gasteiger partial charge in [-0.15, -0.1) is 10.2 Å². The highest BCUT2D eigenvalue weighted by Crippen LogP contribution is 2.23. The number of carbonyl (C=O) groups excluding carboxylic acids is 2. The Bertz CT molecular complexity index is 792. The molecule has 0 bridgehead atoms. The molecule has 3 heterocycles. The van der Waals surface area contributed by atoms with Crippen molar-refractivity contribution in [1.82, 2.24) is 35.3 Å². The number of hydrogen-bond donors (Lipinski definition) is 1. The zero-order valence-corrected chi connectivity index (χ0v) is 13.9. The van der Waals surface area contributed by atoms with E-state index in [9.17, 15) is 9.59 Å². The van der Waals surface area contributed by atoms with E-state index >= 15 is 0 Å². The molecule has 1 aromatic heterocycles. The molecule has 2 aliphatic heterocycles. The summed E-state index contributed by atoms with van der Waals surface area (Å²) in [5.74, 6) is 0.354. The van der Waals surface area contributed by atoms with Gasteiger partial charge in [-0.05, 0) is 11.3 Å². The smallest absolute Gasteiger partial charge is 0.254 e. The molecule has 0 radical (unpaired) electrons. The van der Waals surface area contributed by atoms with Crippen LogP contribution in [0.5, 0.6) is 0 Å². The Morgan fingerprint density at radius 3 is 2.80 bits per heavy atom. The number of aromatic amines is 1. The van der Waals surface area contributed by atoms with Gasteiger partial charge in [0.25, 0.3) is 5.91 Å². The van der Waals surface area contributed by atoms with Crippen LogP contribution in [0.2, 0.25) is 0 Å². The van der Waals surface area contributed by atoms with Gasteiger partial charge in [0.1, 0.15) is 6.04 Å². The van der Waals surface area contributed by atoms with Crippen molar-refractivity contribution in [3.05, 3.63) is 29.8 Å². The second-order valence-corrected chi connectivity index (χ2v) is 6.34. The van der Waals surface area contributed by atoms with Crippen LogP contribution in [0.1, 0.15) is 10.4 Å². The van der Waals surface area contributed by atoms with Crippen LogP contribution >= 0.6 is 0 Å². The highest BCUT2D eigenvalue weighted by atomic mass is 16.2. The van der Waals surface area contributed by atoms with E-state index in [2.05, 4.69) is 25.5 Å². The maximum atomic E-state index is 13.1. The fourth-order valence-electron chi connectivity index (χ4n) is 3.46. The van der Waals surface area contributed by atoms with E-state index in [4.69, 9.17) is 0 Å². The molecule has 25 heavy (non-hydrogen) atoms. The van der Waals surface area contributed by atoms with Crippen LogP contribution in [0.15, 0.2) is 24.3 Å². The molecule has 9 nitrogen and oxygen atoms in total. The topological polar surface area (TPSA) is 98.3 Å². The lowest BCUT2D eigenvalue weighted by molar-refractivity contribution is -0.142. The predicted molar refractivity (Wildman–Crippen MR) is 88.5 cm³/mol. The van der Waals surface area contributed by atoms with Gasteiger partial charge in [-0.25, -0.2) is 0 Å². The SMILES string of the molecule is CN1CCN2CCN(C(=O)c3ccccc3-c3nn[nH]n3)CC2C1=O. The molecule has 2 saturated heterocycles. The van der Waals surface area contributed by atoms with Crippen LogP contribution in [0, 0.1) is 0 Å². The number of amides is 2. The van der Waals surface area contributed by atoms with E-state index < -0.39 is 0 Å². The van der Waals surface area contributed by atoms with Gasteiger partial charge in [-0.1, -0.05) is 18.2 Å². The summed E-state index contributed by atoms with van der Waals surface area (Å²) in [5.41, 5.74) is 1.16. The van der Waals surface area contributed by atoms with Gasteiger partial charge in [0, 0.05) is 45.3 Å². The van der Waals surface area contributed by atoms with Crippen molar-refractivity contribution in [2.24, 2.45) is 0 Å². The van der Waals surface area contributed by atoms with Crippen molar-refractivity contribution < 1.29 is 9.59 Å². The molecule has 0 spiro atoms. The summed E-state index contributed by atoms with van der Waals surface area (Å²) in [6, 6.07) is 6.95. The van der Waals surface area contributed by atoms with Crippen molar-refractivity contribution in [3.8, 4) is 11.4 Å². The van der Waals surface area contributed by atoms with E-state index in [1.165, 1.54) is 0 Å². The number of nitrogens with zero attached hydrogens (tertiary/aromatic N) is 6. The third-order valence-corrected chi connectivity index (χ3v) is 4.91. The standard InChI is InChI=1S/C16H19N7O2/c1-21-6-7-22-8-9-23(10-13(22)16(21)25)15(24)12-5-3-2-4-11(12)14-17-19-20-18-14/h2-5,13H,6-10H2,1H3,(H,17,18,19,20). The lowest BCUT2D eigenvalue weighted by Crippen LogP contribution is -2.64. The van der Waals surface area contributed by atoms with Crippen LogP contribution in [-0.4, -0.2) is 93.0 Å². The average molecular weight is 341 g/mol. The van der Waals surface area contributed by atoms with Crippen molar-refractivity contribution in [1.29, 1.82) is 0 Å². The van der Waals surface area contributed by atoms with Crippen LogP contribution in [0.25, 0.3) is 11.4 Å². The van der Waals surface area contributed by atoms with Gasteiger partial charge in [0.05, 0.1) is 5.56 Å². The van der Waals surface area contributed by atoms with E-state index in [-0.39, 0.29) is 17.9 Å². The highest BCUT2D eigenvalue weighted by Gasteiger charge is 2.39. The second kappa shape index (κ2) is 6.25. The molecular formula is C16H19N7O2. The van der Waals surface area contributed by atoms with Gasteiger partial charge in [0.2, 0.25) is 11.7 Å². The maximum absolute atomic E-state index is 13.1. The molecular weight excluding hydrogens is 322 g/mol.